The molecule has 3 aromatic heterocycles. The van der Waals surface area contributed by atoms with Crippen LogP contribution in [-0.2, 0) is 29.2 Å². The van der Waals surface area contributed by atoms with E-state index in [1.54, 1.807) is 29.2 Å². The van der Waals surface area contributed by atoms with Crippen LogP contribution in [0.25, 0.3) is 11.1 Å². The van der Waals surface area contributed by atoms with Crippen molar-refractivity contribution in [2.45, 2.75) is 96.3 Å². The van der Waals surface area contributed by atoms with Crippen LogP contribution in [-0.4, -0.2) is 61.9 Å². The number of ether oxygens (including phenoxy) is 1. The Bertz CT molecular complexity index is 1320. The highest BCUT2D eigenvalue weighted by molar-refractivity contribution is 6.76. The second-order valence-corrected chi connectivity index (χ2v) is 18.3. The second-order valence-electron chi connectivity index (χ2n) is 11.4. The lowest BCUT2D eigenvalue weighted by Crippen LogP contribution is -2.44. The standard InChI is InChI=1S/C29H43Cl2N7O3Si/c1-7-23-27(20(3)36-38(23)19-41-16-17-42(4,5)6)21-12-13-26(32-18-21)35-28(39)22(10-9-11-25(30)31)34-29(40)24-14-15-33-37(24)8-2/h12-15,18,22,25H,7-11,16-17,19H2,1-6H3,(H,34,40)(H,32,35,39). The number of anilines is 1. The van der Waals surface area contributed by atoms with Crippen LogP contribution in [0, 0.1) is 6.92 Å². The number of rotatable bonds is 16. The van der Waals surface area contributed by atoms with E-state index in [1.807, 2.05) is 24.6 Å². The molecule has 0 bridgehead atoms. The van der Waals surface area contributed by atoms with Crippen molar-refractivity contribution >= 4 is 48.9 Å². The molecule has 3 rings (SSSR count). The number of aromatic nitrogens is 5. The van der Waals surface area contributed by atoms with Crippen molar-refractivity contribution in [3.05, 3.63) is 47.7 Å². The van der Waals surface area contributed by atoms with Gasteiger partial charge in [0.2, 0.25) is 5.91 Å². The zero-order chi connectivity index (χ0) is 30.9. The zero-order valence-corrected chi connectivity index (χ0v) is 27.9. The highest BCUT2D eigenvalue weighted by Crippen LogP contribution is 2.28. The number of carbonyl (C=O) groups excluding carboxylic acids is 2. The minimum absolute atomic E-state index is 0.365. The summed E-state index contributed by atoms with van der Waals surface area (Å²) in [6.45, 7) is 14.6. The third kappa shape index (κ3) is 9.65. The first-order chi connectivity index (χ1) is 19.9. The zero-order valence-electron chi connectivity index (χ0n) is 25.4. The highest BCUT2D eigenvalue weighted by Gasteiger charge is 2.24. The van der Waals surface area contributed by atoms with Gasteiger partial charge in [-0.05, 0) is 63.8 Å². The van der Waals surface area contributed by atoms with Gasteiger partial charge >= 0.3 is 0 Å². The molecule has 13 heteroatoms. The Morgan fingerprint density at radius 2 is 1.86 bits per heavy atom. The number of pyridine rings is 1. The molecule has 0 spiro atoms. The minimum atomic E-state index is -1.16. The van der Waals surface area contributed by atoms with Gasteiger partial charge in [-0.25, -0.2) is 9.67 Å². The topological polar surface area (TPSA) is 116 Å². The first kappa shape index (κ1) is 33.8. The Hall–Kier alpha value is -2.73. The third-order valence-corrected chi connectivity index (χ3v) is 9.01. The molecule has 0 radical (unpaired) electrons. The van der Waals surface area contributed by atoms with Gasteiger partial charge in [-0.2, -0.15) is 10.2 Å². The van der Waals surface area contributed by atoms with Gasteiger partial charge in [0.1, 0.15) is 29.1 Å². The van der Waals surface area contributed by atoms with Gasteiger partial charge in [0.05, 0.1) is 5.69 Å². The highest BCUT2D eigenvalue weighted by atomic mass is 35.5. The van der Waals surface area contributed by atoms with Gasteiger partial charge in [-0.3, -0.25) is 14.3 Å². The van der Waals surface area contributed by atoms with E-state index in [-0.39, 0.29) is 11.8 Å². The molecule has 230 valence electrons. The van der Waals surface area contributed by atoms with Crippen LogP contribution >= 0.6 is 23.2 Å². The molecule has 0 aliphatic carbocycles. The number of nitrogens with one attached hydrogen (secondary N) is 2. The van der Waals surface area contributed by atoms with E-state index in [4.69, 9.17) is 33.0 Å². The number of carbonyl (C=O) groups is 2. The quantitative estimate of drug-likeness (QED) is 0.112. The number of aryl methyl sites for hydroxylation is 2. The van der Waals surface area contributed by atoms with Crippen molar-refractivity contribution in [3.8, 4) is 11.1 Å². The SMILES string of the molecule is CCc1c(-c2ccc(NC(=O)C(CCCC(Cl)Cl)NC(=O)c3ccnn3CC)nc2)c(C)nn1COCC[Si](C)(C)C. The summed E-state index contributed by atoms with van der Waals surface area (Å²) in [6, 6.07) is 5.59. The van der Waals surface area contributed by atoms with Gasteiger partial charge in [-0.15, -0.1) is 23.2 Å². The Morgan fingerprint density at radius 1 is 1.10 bits per heavy atom. The van der Waals surface area contributed by atoms with Gasteiger partial charge < -0.3 is 15.4 Å². The van der Waals surface area contributed by atoms with Crippen LogP contribution in [0.3, 0.4) is 0 Å². The molecule has 0 aliphatic heterocycles. The first-order valence-electron chi connectivity index (χ1n) is 14.5. The average Bonchev–Trinajstić information content (AvgIpc) is 3.54. The van der Waals surface area contributed by atoms with Crippen LogP contribution in [0.1, 0.15) is 55.0 Å². The number of halogens is 2. The molecule has 0 saturated heterocycles. The summed E-state index contributed by atoms with van der Waals surface area (Å²) in [7, 11) is -1.16. The van der Waals surface area contributed by atoms with E-state index in [1.165, 1.54) is 0 Å². The van der Waals surface area contributed by atoms with Gasteiger partial charge in [0, 0.05) is 50.4 Å². The maximum absolute atomic E-state index is 13.3. The fourth-order valence-corrected chi connectivity index (χ4v) is 5.65. The van der Waals surface area contributed by atoms with Crippen LogP contribution in [0.2, 0.25) is 25.7 Å². The molecule has 0 aliphatic rings. The monoisotopic (exact) mass is 635 g/mol. The van der Waals surface area contributed by atoms with Crippen LogP contribution < -0.4 is 10.6 Å². The Kier molecular flexibility index (Phi) is 12.6. The predicted molar refractivity (Wildman–Crippen MR) is 171 cm³/mol. The summed E-state index contributed by atoms with van der Waals surface area (Å²) in [6.07, 6.45) is 5.49. The summed E-state index contributed by atoms with van der Waals surface area (Å²) in [5.74, 6) is -0.373. The van der Waals surface area contributed by atoms with E-state index in [0.29, 0.717) is 44.0 Å². The molecule has 2 amide bonds. The molecule has 0 saturated carbocycles. The van der Waals surface area contributed by atoms with E-state index < -0.39 is 19.0 Å². The lowest BCUT2D eigenvalue weighted by Gasteiger charge is -2.19. The molecule has 3 heterocycles. The third-order valence-electron chi connectivity index (χ3n) is 6.87. The van der Waals surface area contributed by atoms with Crippen LogP contribution in [0.5, 0.6) is 0 Å². The minimum Gasteiger partial charge on any atom is -0.360 e. The van der Waals surface area contributed by atoms with Gasteiger partial charge in [-0.1, -0.05) is 26.6 Å². The lowest BCUT2D eigenvalue weighted by molar-refractivity contribution is -0.118. The van der Waals surface area contributed by atoms with Crippen molar-refractivity contribution in [1.29, 1.82) is 0 Å². The van der Waals surface area contributed by atoms with Gasteiger partial charge in [0.15, 0.2) is 0 Å². The van der Waals surface area contributed by atoms with Crippen LogP contribution in [0.4, 0.5) is 5.82 Å². The smallest absolute Gasteiger partial charge is 0.270 e. The maximum Gasteiger partial charge on any atom is 0.270 e. The van der Waals surface area contributed by atoms with Crippen molar-refractivity contribution < 1.29 is 14.3 Å². The molecule has 0 fully saturated rings. The molecular weight excluding hydrogens is 593 g/mol. The lowest BCUT2D eigenvalue weighted by atomic mass is 10.0. The fourth-order valence-electron chi connectivity index (χ4n) is 4.58. The first-order valence-corrected chi connectivity index (χ1v) is 19.0. The Morgan fingerprint density at radius 3 is 2.48 bits per heavy atom. The molecule has 10 nitrogen and oxygen atoms in total. The summed E-state index contributed by atoms with van der Waals surface area (Å²) < 4.78 is 9.46. The summed E-state index contributed by atoms with van der Waals surface area (Å²) in [5, 5.41) is 14.5. The van der Waals surface area contributed by atoms with Crippen molar-refractivity contribution in [2.75, 3.05) is 11.9 Å². The average molecular weight is 637 g/mol. The van der Waals surface area contributed by atoms with E-state index in [9.17, 15) is 9.59 Å². The molecule has 0 aromatic carbocycles. The molecular formula is C29H43Cl2N7O3Si. The maximum atomic E-state index is 13.3. The molecule has 1 atom stereocenters. The summed E-state index contributed by atoms with van der Waals surface area (Å²) >= 11 is 11.8. The molecule has 3 aromatic rings. The summed E-state index contributed by atoms with van der Waals surface area (Å²) in [5.41, 5.74) is 4.28. The van der Waals surface area contributed by atoms with E-state index in [2.05, 4.69) is 47.3 Å². The number of alkyl halides is 2. The summed E-state index contributed by atoms with van der Waals surface area (Å²) in [4.78, 5) is 30.2. The van der Waals surface area contributed by atoms with E-state index >= 15 is 0 Å². The van der Waals surface area contributed by atoms with Crippen LogP contribution in [0.15, 0.2) is 30.6 Å². The van der Waals surface area contributed by atoms with Crippen molar-refractivity contribution in [3.63, 3.8) is 0 Å². The second kappa shape index (κ2) is 15.7. The molecule has 1 unspecified atom stereocenters. The Balaban J connectivity index is 1.71. The largest absolute Gasteiger partial charge is 0.360 e. The van der Waals surface area contributed by atoms with Gasteiger partial charge in [0.25, 0.3) is 5.91 Å². The molecule has 42 heavy (non-hydrogen) atoms. The Labute approximate surface area is 259 Å². The van der Waals surface area contributed by atoms with E-state index in [0.717, 1.165) is 41.6 Å². The fraction of sp³-hybridized carbons (Fsp3) is 0.552. The number of hydrogen-bond donors (Lipinski definition) is 2. The number of amides is 2. The van der Waals surface area contributed by atoms with Crippen molar-refractivity contribution in [2.24, 2.45) is 0 Å². The number of nitrogens with zero attached hydrogens (tertiary/aromatic N) is 5. The normalized spacial score (nSPS) is 12.5. The predicted octanol–water partition coefficient (Wildman–Crippen LogP) is 6.06. The molecule has 2 N–H and O–H groups in total. The number of hydrogen-bond acceptors (Lipinski definition) is 6. The van der Waals surface area contributed by atoms with Crippen molar-refractivity contribution in [1.82, 2.24) is 29.9 Å².